The highest BCUT2D eigenvalue weighted by molar-refractivity contribution is 4.94. The maximum absolute atomic E-state index is 3.73. The zero-order valence-corrected chi connectivity index (χ0v) is 9.81. The molecule has 2 aliphatic rings. The van der Waals surface area contributed by atoms with E-state index in [0.717, 1.165) is 12.0 Å². The third kappa shape index (κ3) is 2.73. The largest absolute Gasteiger partial charge is 0.313 e. The van der Waals surface area contributed by atoms with E-state index < -0.39 is 0 Å². The molecule has 0 aromatic heterocycles. The van der Waals surface area contributed by atoms with Crippen molar-refractivity contribution in [3.05, 3.63) is 0 Å². The van der Waals surface area contributed by atoms with Gasteiger partial charge in [-0.15, -0.1) is 0 Å². The van der Waals surface area contributed by atoms with E-state index in [1.807, 2.05) is 0 Å². The van der Waals surface area contributed by atoms with Gasteiger partial charge in [0.25, 0.3) is 0 Å². The highest BCUT2D eigenvalue weighted by Crippen LogP contribution is 2.48. The zero-order chi connectivity index (χ0) is 10.0. The van der Waals surface area contributed by atoms with Gasteiger partial charge in [0, 0.05) is 12.6 Å². The molecule has 0 spiro atoms. The van der Waals surface area contributed by atoms with Gasteiger partial charge in [-0.1, -0.05) is 26.7 Å². The minimum Gasteiger partial charge on any atom is -0.313 e. The fourth-order valence-corrected chi connectivity index (χ4v) is 2.46. The van der Waals surface area contributed by atoms with Gasteiger partial charge in [0.05, 0.1) is 0 Å². The maximum atomic E-state index is 3.73. The standard InChI is InChI=1S/C13H25N/c1-3-4-9-13(2,11-5-6-11)10-14-12-7-8-12/h11-12,14H,3-10H2,1-2H3. The van der Waals surface area contributed by atoms with Crippen LogP contribution in [0.1, 0.15) is 58.8 Å². The smallest absolute Gasteiger partial charge is 0.00684 e. The molecule has 0 aliphatic heterocycles. The van der Waals surface area contributed by atoms with Crippen LogP contribution in [-0.2, 0) is 0 Å². The Morgan fingerprint density at radius 1 is 1.21 bits per heavy atom. The predicted molar refractivity (Wildman–Crippen MR) is 61.4 cm³/mol. The van der Waals surface area contributed by atoms with Crippen LogP contribution in [0, 0.1) is 11.3 Å². The number of rotatable bonds is 7. The van der Waals surface area contributed by atoms with Crippen molar-refractivity contribution in [1.82, 2.24) is 5.32 Å². The van der Waals surface area contributed by atoms with Crippen molar-refractivity contribution >= 4 is 0 Å². The highest BCUT2D eigenvalue weighted by Gasteiger charge is 2.41. The quantitative estimate of drug-likeness (QED) is 0.657. The lowest BCUT2D eigenvalue weighted by Gasteiger charge is -2.30. The molecule has 2 saturated carbocycles. The van der Waals surface area contributed by atoms with Crippen LogP contribution in [-0.4, -0.2) is 12.6 Å². The van der Waals surface area contributed by atoms with Crippen LogP contribution in [0.5, 0.6) is 0 Å². The molecule has 2 rings (SSSR count). The number of nitrogens with one attached hydrogen (secondary N) is 1. The van der Waals surface area contributed by atoms with Crippen molar-refractivity contribution in [3.8, 4) is 0 Å². The molecule has 2 aliphatic carbocycles. The van der Waals surface area contributed by atoms with Crippen LogP contribution in [0.3, 0.4) is 0 Å². The first kappa shape index (κ1) is 10.5. The van der Waals surface area contributed by atoms with E-state index in [1.54, 1.807) is 0 Å². The van der Waals surface area contributed by atoms with Crippen molar-refractivity contribution in [3.63, 3.8) is 0 Å². The first-order valence-corrected chi connectivity index (χ1v) is 6.48. The van der Waals surface area contributed by atoms with E-state index in [0.29, 0.717) is 5.41 Å². The lowest BCUT2D eigenvalue weighted by atomic mass is 9.80. The average molecular weight is 195 g/mol. The van der Waals surface area contributed by atoms with E-state index in [9.17, 15) is 0 Å². The Morgan fingerprint density at radius 2 is 1.93 bits per heavy atom. The molecule has 1 unspecified atom stereocenters. The number of hydrogen-bond donors (Lipinski definition) is 1. The van der Waals surface area contributed by atoms with Gasteiger partial charge in [-0.05, 0) is 43.4 Å². The van der Waals surface area contributed by atoms with Crippen LogP contribution in [0.25, 0.3) is 0 Å². The topological polar surface area (TPSA) is 12.0 Å². The van der Waals surface area contributed by atoms with Crippen LogP contribution < -0.4 is 5.32 Å². The predicted octanol–water partition coefficient (Wildman–Crippen LogP) is 3.34. The summed E-state index contributed by atoms with van der Waals surface area (Å²) in [4.78, 5) is 0. The van der Waals surface area contributed by atoms with Crippen molar-refractivity contribution in [2.75, 3.05) is 6.54 Å². The second-order valence-corrected chi connectivity index (χ2v) is 5.69. The van der Waals surface area contributed by atoms with E-state index in [1.165, 1.54) is 51.5 Å². The lowest BCUT2D eigenvalue weighted by Crippen LogP contribution is -2.34. The van der Waals surface area contributed by atoms with Crippen molar-refractivity contribution < 1.29 is 0 Å². The fraction of sp³-hybridized carbons (Fsp3) is 1.00. The van der Waals surface area contributed by atoms with Gasteiger partial charge >= 0.3 is 0 Å². The first-order valence-electron chi connectivity index (χ1n) is 6.48. The molecule has 14 heavy (non-hydrogen) atoms. The lowest BCUT2D eigenvalue weighted by molar-refractivity contribution is 0.229. The highest BCUT2D eigenvalue weighted by atomic mass is 15.0. The van der Waals surface area contributed by atoms with Gasteiger partial charge in [-0.2, -0.15) is 0 Å². The Balaban J connectivity index is 1.77. The summed E-state index contributed by atoms with van der Waals surface area (Å²) < 4.78 is 0. The normalized spacial score (nSPS) is 26.1. The summed E-state index contributed by atoms with van der Waals surface area (Å²) in [7, 11) is 0. The second kappa shape index (κ2) is 4.22. The van der Waals surface area contributed by atoms with Crippen molar-refractivity contribution in [1.29, 1.82) is 0 Å². The van der Waals surface area contributed by atoms with Gasteiger partial charge < -0.3 is 5.32 Å². The summed E-state index contributed by atoms with van der Waals surface area (Å²) in [6, 6.07) is 0.884. The van der Waals surface area contributed by atoms with Crippen LogP contribution in [0.4, 0.5) is 0 Å². The molecule has 1 heteroatoms. The summed E-state index contributed by atoms with van der Waals surface area (Å²) in [5.74, 6) is 1.04. The van der Waals surface area contributed by atoms with Crippen LogP contribution in [0.2, 0.25) is 0 Å². The van der Waals surface area contributed by atoms with Crippen LogP contribution in [0.15, 0.2) is 0 Å². The second-order valence-electron chi connectivity index (χ2n) is 5.69. The Hall–Kier alpha value is -0.0400. The van der Waals surface area contributed by atoms with E-state index in [2.05, 4.69) is 19.2 Å². The molecule has 0 saturated heterocycles. The first-order chi connectivity index (χ1) is 6.74. The van der Waals surface area contributed by atoms with Gasteiger partial charge in [0.15, 0.2) is 0 Å². The van der Waals surface area contributed by atoms with E-state index in [-0.39, 0.29) is 0 Å². The summed E-state index contributed by atoms with van der Waals surface area (Å²) >= 11 is 0. The van der Waals surface area contributed by atoms with E-state index >= 15 is 0 Å². The van der Waals surface area contributed by atoms with Crippen LogP contribution >= 0.6 is 0 Å². The molecule has 1 nitrogen and oxygen atoms in total. The Kier molecular flexibility index (Phi) is 3.16. The van der Waals surface area contributed by atoms with Gasteiger partial charge in [-0.3, -0.25) is 0 Å². The number of unbranched alkanes of at least 4 members (excludes halogenated alkanes) is 1. The van der Waals surface area contributed by atoms with Gasteiger partial charge in [0.1, 0.15) is 0 Å². The summed E-state index contributed by atoms with van der Waals surface area (Å²) in [6.07, 6.45) is 10.0. The zero-order valence-electron chi connectivity index (χ0n) is 9.81. The summed E-state index contributed by atoms with van der Waals surface area (Å²) in [5.41, 5.74) is 0.624. The third-order valence-corrected chi connectivity index (χ3v) is 4.04. The molecular formula is C13H25N. The summed E-state index contributed by atoms with van der Waals surface area (Å²) in [6.45, 7) is 6.10. The van der Waals surface area contributed by atoms with Gasteiger partial charge in [0.2, 0.25) is 0 Å². The molecule has 0 aromatic rings. The Bertz CT molecular complexity index is 182. The Morgan fingerprint density at radius 3 is 2.43 bits per heavy atom. The molecule has 2 fully saturated rings. The molecule has 82 valence electrons. The SMILES string of the molecule is CCCCC(C)(CNC1CC1)C1CC1. The van der Waals surface area contributed by atoms with E-state index in [4.69, 9.17) is 0 Å². The fourth-order valence-electron chi connectivity index (χ4n) is 2.46. The number of hydrogen-bond acceptors (Lipinski definition) is 1. The minimum atomic E-state index is 0.624. The monoisotopic (exact) mass is 195 g/mol. The summed E-state index contributed by atoms with van der Waals surface area (Å²) in [5, 5.41) is 3.73. The molecule has 0 amide bonds. The van der Waals surface area contributed by atoms with Crippen molar-refractivity contribution in [2.45, 2.75) is 64.8 Å². The maximum Gasteiger partial charge on any atom is 0.00684 e. The third-order valence-electron chi connectivity index (χ3n) is 4.04. The molecule has 1 atom stereocenters. The average Bonchev–Trinajstić information content (AvgIpc) is 3.05. The molecule has 1 N–H and O–H groups in total. The molecule has 0 heterocycles. The Labute approximate surface area is 88.7 Å². The molecule has 0 bridgehead atoms. The molecular weight excluding hydrogens is 170 g/mol. The molecule has 0 radical (unpaired) electrons. The molecule has 0 aromatic carbocycles. The van der Waals surface area contributed by atoms with Gasteiger partial charge in [-0.25, -0.2) is 0 Å². The van der Waals surface area contributed by atoms with Crippen molar-refractivity contribution in [2.24, 2.45) is 11.3 Å². The minimum absolute atomic E-state index is 0.624.